The molecule has 1 atom stereocenters. The molecule has 3 aromatic carbocycles. The van der Waals surface area contributed by atoms with Gasteiger partial charge in [0, 0.05) is 22.4 Å². The van der Waals surface area contributed by atoms with Gasteiger partial charge in [-0.15, -0.1) is 0 Å². The Kier molecular flexibility index (Phi) is 4.20. The summed E-state index contributed by atoms with van der Waals surface area (Å²) in [5, 5.41) is 5.82. The van der Waals surface area contributed by atoms with Crippen LogP contribution in [-0.4, -0.2) is 11.8 Å². The molecular formula is C22H17FN2O2. The molecule has 134 valence electrons. The lowest BCUT2D eigenvalue weighted by atomic mass is 9.93. The van der Waals surface area contributed by atoms with E-state index in [4.69, 9.17) is 0 Å². The van der Waals surface area contributed by atoms with Gasteiger partial charge in [-0.2, -0.15) is 0 Å². The average molecular weight is 360 g/mol. The molecular weight excluding hydrogens is 343 g/mol. The third-order valence-corrected chi connectivity index (χ3v) is 4.75. The molecule has 0 spiro atoms. The summed E-state index contributed by atoms with van der Waals surface area (Å²) in [6, 6.07) is 18.2. The number of carbonyl (C=O) groups is 2. The first kappa shape index (κ1) is 17.0. The minimum Gasteiger partial charge on any atom is -0.341 e. The Bertz CT molecular complexity index is 1060. The second-order valence-corrected chi connectivity index (χ2v) is 6.49. The molecule has 1 aliphatic rings. The summed E-state index contributed by atoms with van der Waals surface area (Å²) in [6.07, 6.45) is 0. The molecule has 0 radical (unpaired) electrons. The van der Waals surface area contributed by atoms with Crippen LogP contribution in [0.25, 0.3) is 0 Å². The molecule has 4 rings (SSSR count). The van der Waals surface area contributed by atoms with Crippen molar-refractivity contribution in [1.29, 1.82) is 0 Å². The summed E-state index contributed by atoms with van der Waals surface area (Å²) in [5.41, 5.74) is 4.02. The molecule has 0 aromatic heterocycles. The highest BCUT2D eigenvalue weighted by molar-refractivity contribution is 6.07. The van der Waals surface area contributed by atoms with Crippen molar-refractivity contribution in [3.05, 3.63) is 100 Å². The first-order valence-corrected chi connectivity index (χ1v) is 8.61. The fourth-order valence-electron chi connectivity index (χ4n) is 3.43. The zero-order valence-corrected chi connectivity index (χ0v) is 14.6. The third-order valence-electron chi connectivity index (χ3n) is 4.75. The fraction of sp³-hybridized carbons (Fsp3) is 0.0909. The van der Waals surface area contributed by atoms with Gasteiger partial charge in [0.2, 0.25) is 0 Å². The van der Waals surface area contributed by atoms with E-state index < -0.39 is 11.7 Å². The lowest BCUT2D eigenvalue weighted by Crippen LogP contribution is -2.21. The number of amides is 2. The molecule has 0 fully saturated rings. The summed E-state index contributed by atoms with van der Waals surface area (Å²) in [4.78, 5) is 25.0. The monoisotopic (exact) mass is 360 g/mol. The standard InChI is InChI=1S/C22H17FN2O2/c1-13-6-2-3-9-16(13)20-19-17(22(27)25-20)10-5-11-18(19)24-21(26)14-7-4-8-15(23)12-14/h2-12,20H,1H3,(H,24,26)(H,25,27). The Balaban J connectivity index is 1.75. The van der Waals surface area contributed by atoms with Crippen LogP contribution in [0.4, 0.5) is 10.1 Å². The van der Waals surface area contributed by atoms with Crippen LogP contribution in [0.2, 0.25) is 0 Å². The number of anilines is 1. The number of fused-ring (bicyclic) bond motifs is 1. The van der Waals surface area contributed by atoms with Crippen molar-refractivity contribution in [2.45, 2.75) is 13.0 Å². The number of rotatable bonds is 3. The largest absolute Gasteiger partial charge is 0.341 e. The van der Waals surface area contributed by atoms with Crippen molar-refractivity contribution in [2.75, 3.05) is 5.32 Å². The highest BCUT2D eigenvalue weighted by atomic mass is 19.1. The van der Waals surface area contributed by atoms with Crippen LogP contribution in [0.3, 0.4) is 0 Å². The summed E-state index contributed by atoms with van der Waals surface area (Å²) in [5.74, 6) is -1.08. The van der Waals surface area contributed by atoms with Gasteiger partial charge >= 0.3 is 0 Å². The Labute approximate surface area is 156 Å². The van der Waals surface area contributed by atoms with E-state index in [0.29, 0.717) is 11.3 Å². The van der Waals surface area contributed by atoms with Gasteiger partial charge in [0.15, 0.2) is 0 Å². The van der Waals surface area contributed by atoms with E-state index in [-0.39, 0.29) is 17.5 Å². The van der Waals surface area contributed by atoms with Crippen LogP contribution < -0.4 is 10.6 Å². The topological polar surface area (TPSA) is 58.2 Å². The predicted molar refractivity (Wildman–Crippen MR) is 101 cm³/mol. The van der Waals surface area contributed by atoms with Crippen molar-refractivity contribution in [3.63, 3.8) is 0 Å². The summed E-state index contributed by atoms with van der Waals surface area (Å²) in [7, 11) is 0. The maximum absolute atomic E-state index is 13.4. The van der Waals surface area contributed by atoms with Crippen molar-refractivity contribution >= 4 is 17.5 Å². The van der Waals surface area contributed by atoms with E-state index in [1.165, 1.54) is 18.2 Å². The van der Waals surface area contributed by atoms with E-state index in [1.807, 2.05) is 31.2 Å². The number of nitrogens with one attached hydrogen (secondary N) is 2. The third kappa shape index (κ3) is 3.08. The molecule has 0 saturated heterocycles. The van der Waals surface area contributed by atoms with Gasteiger partial charge in [0.25, 0.3) is 11.8 Å². The van der Waals surface area contributed by atoms with Gasteiger partial charge in [-0.1, -0.05) is 36.4 Å². The number of hydrogen-bond donors (Lipinski definition) is 2. The summed E-state index contributed by atoms with van der Waals surface area (Å²) < 4.78 is 13.4. The maximum atomic E-state index is 13.4. The molecule has 1 unspecified atom stereocenters. The fourth-order valence-corrected chi connectivity index (χ4v) is 3.43. The van der Waals surface area contributed by atoms with E-state index >= 15 is 0 Å². The molecule has 2 N–H and O–H groups in total. The van der Waals surface area contributed by atoms with Gasteiger partial charge < -0.3 is 10.6 Å². The van der Waals surface area contributed by atoms with Crippen LogP contribution in [0.5, 0.6) is 0 Å². The molecule has 27 heavy (non-hydrogen) atoms. The SMILES string of the molecule is Cc1ccccc1C1NC(=O)c2cccc(NC(=O)c3cccc(F)c3)c21. The summed E-state index contributed by atoms with van der Waals surface area (Å²) in [6.45, 7) is 1.98. The van der Waals surface area contributed by atoms with Crippen molar-refractivity contribution in [3.8, 4) is 0 Å². The van der Waals surface area contributed by atoms with Gasteiger partial charge in [-0.25, -0.2) is 4.39 Å². The first-order chi connectivity index (χ1) is 13.0. The Morgan fingerprint density at radius 1 is 1.04 bits per heavy atom. The smallest absolute Gasteiger partial charge is 0.255 e. The zero-order chi connectivity index (χ0) is 19.0. The van der Waals surface area contributed by atoms with E-state index in [2.05, 4.69) is 10.6 Å². The maximum Gasteiger partial charge on any atom is 0.255 e. The number of hydrogen-bond acceptors (Lipinski definition) is 2. The van der Waals surface area contributed by atoms with Gasteiger partial charge in [-0.05, 0) is 48.4 Å². The Hall–Kier alpha value is -3.47. The van der Waals surface area contributed by atoms with Crippen LogP contribution in [0, 0.1) is 12.7 Å². The molecule has 0 saturated carbocycles. The van der Waals surface area contributed by atoms with E-state index in [0.717, 1.165) is 16.7 Å². The molecule has 4 nitrogen and oxygen atoms in total. The van der Waals surface area contributed by atoms with Gasteiger partial charge in [0.05, 0.1) is 6.04 Å². The van der Waals surface area contributed by atoms with Crippen molar-refractivity contribution in [1.82, 2.24) is 5.32 Å². The van der Waals surface area contributed by atoms with Crippen LogP contribution in [-0.2, 0) is 0 Å². The molecule has 3 aromatic rings. The van der Waals surface area contributed by atoms with E-state index in [9.17, 15) is 14.0 Å². The molecule has 1 aliphatic heterocycles. The molecule has 0 bridgehead atoms. The Morgan fingerprint density at radius 2 is 1.81 bits per heavy atom. The lowest BCUT2D eigenvalue weighted by molar-refractivity contribution is 0.0959. The lowest BCUT2D eigenvalue weighted by Gasteiger charge is -2.18. The molecule has 5 heteroatoms. The normalized spacial score (nSPS) is 15.2. The zero-order valence-electron chi connectivity index (χ0n) is 14.6. The molecule has 1 heterocycles. The number of carbonyl (C=O) groups excluding carboxylic acids is 2. The number of halogens is 1. The minimum atomic E-state index is -0.476. The van der Waals surface area contributed by atoms with E-state index in [1.54, 1.807) is 24.3 Å². The highest BCUT2D eigenvalue weighted by Gasteiger charge is 2.33. The highest BCUT2D eigenvalue weighted by Crippen LogP contribution is 2.37. The van der Waals surface area contributed by atoms with Gasteiger partial charge in [-0.3, -0.25) is 9.59 Å². The summed E-state index contributed by atoms with van der Waals surface area (Å²) >= 11 is 0. The minimum absolute atomic E-state index is 0.180. The molecule has 2 amide bonds. The van der Waals surface area contributed by atoms with Gasteiger partial charge in [0.1, 0.15) is 5.82 Å². The first-order valence-electron chi connectivity index (χ1n) is 8.61. The number of benzene rings is 3. The second kappa shape index (κ2) is 6.68. The average Bonchev–Trinajstić information content (AvgIpc) is 3.00. The quantitative estimate of drug-likeness (QED) is 0.735. The predicted octanol–water partition coefficient (Wildman–Crippen LogP) is 4.22. The van der Waals surface area contributed by atoms with Crippen molar-refractivity contribution in [2.24, 2.45) is 0 Å². The second-order valence-electron chi connectivity index (χ2n) is 6.49. The van der Waals surface area contributed by atoms with Crippen LogP contribution in [0.1, 0.15) is 43.4 Å². The molecule has 0 aliphatic carbocycles. The van der Waals surface area contributed by atoms with Crippen LogP contribution >= 0.6 is 0 Å². The van der Waals surface area contributed by atoms with Crippen molar-refractivity contribution < 1.29 is 14.0 Å². The Morgan fingerprint density at radius 3 is 2.59 bits per heavy atom. The van der Waals surface area contributed by atoms with Crippen LogP contribution in [0.15, 0.2) is 66.7 Å². The number of aryl methyl sites for hydroxylation is 1.